The molecule has 0 atom stereocenters. The van der Waals surface area contributed by atoms with Gasteiger partial charge in [-0.05, 0) is 43.5 Å². The maximum absolute atomic E-state index is 6.12. The van der Waals surface area contributed by atoms with Crippen LogP contribution in [0.2, 0.25) is 5.02 Å². The first-order valence-corrected chi connectivity index (χ1v) is 5.88. The molecule has 0 aliphatic heterocycles. The first-order valence-electron chi connectivity index (χ1n) is 5.50. The topological polar surface area (TPSA) is 44.5 Å². The molecule has 0 spiro atoms. The average molecular weight is 258 g/mol. The summed E-state index contributed by atoms with van der Waals surface area (Å²) in [6.45, 7) is 4.50. The van der Waals surface area contributed by atoms with Crippen LogP contribution in [-0.2, 0) is 17.8 Å². The highest BCUT2D eigenvalue weighted by Crippen LogP contribution is 2.30. The Bertz CT molecular complexity index is 386. The standard InChI is InChI=1S/C13H20ClNO2/c1-13(2,15)7-9-5-11(14)12(17-4)6-10(9)8-16-3/h5-6H,7-8,15H2,1-4H3. The zero-order chi connectivity index (χ0) is 13.1. The number of rotatable bonds is 5. The second-order valence-corrected chi connectivity index (χ2v) is 5.26. The maximum Gasteiger partial charge on any atom is 0.137 e. The average Bonchev–Trinajstić information content (AvgIpc) is 2.20. The van der Waals surface area contributed by atoms with Gasteiger partial charge < -0.3 is 15.2 Å². The summed E-state index contributed by atoms with van der Waals surface area (Å²) in [6, 6.07) is 3.82. The molecule has 0 aliphatic carbocycles. The van der Waals surface area contributed by atoms with Crippen molar-refractivity contribution < 1.29 is 9.47 Å². The molecular formula is C13H20ClNO2. The highest BCUT2D eigenvalue weighted by Gasteiger charge is 2.16. The predicted octanol–water partition coefficient (Wildman–Crippen LogP) is 2.77. The van der Waals surface area contributed by atoms with E-state index in [-0.39, 0.29) is 5.54 Å². The van der Waals surface area contributed by atoms with E-state index in [1.807, 2.05) is 26.0 Å². The summed E-state index contributed by atoms with van der Waals surface area (Å²) in [4.78, 5) is 0. The monoisotopic (exact) mass is 257 g/mol. The SMILES string of the molecule is COCc1cc(OC)c(Cl)cc1CC(C)(C)N. The van der Waals surface area contributed by atoms with E-state index >= 15 is 0 Å². The minimum Gasteiger partial charge on any atom is -0.495 e. The molecule has 1 rings (SSSR count). The number of hydrogen-bond acceptors (Lipinski definition) is 3. The minimum absolute atomic E-state index is 0.277. The minimum atomic E-state index is -0.277. The predicted molar refractivity (Wildman–Crippen MR) is 70.7 cm³/mol. The van der Waals surface area contributed by atoms with Gasteiger partial charge in [-0.15, -0.1) is 0 Å². The molecule has 0 bridgehead atoms. The maximum atomic E-state index is 6.12. The Morgan fingerprint density at radius 3 is 2.35 bits per heavy atom. The van der Waals surface area contributed by atoms with Crippen molar-refractivity contribution >= 4 is 11.6 Å². The third-order valence-corrected chi connectivity index (χ3v) is 2.72. The van der Waals surface area contributed by atoms with Crippen LogP contribution in [0.3, 0.4) is 0 Å². The molecule has 1 aromatic rings. The van der Waals surface area contributed by atoms with Gasteiger partial charge >= 0.3 is 0 Å². The zero-order valence-electron chi connectivity index (χ0n) is 10.8. The van der Waals surface area contributed by atoms with Gasteiger partial charge in [0.1, 0.15) is 5.75 Å². The molecule has 3 nitrogen and oxygen atoms in total. The molecule has 17 heavy (non-hydrogen) atoms. The smallest absolute Gasteiger partial charge is 0.137 e. The van der Waals surface area contributed by atoms with Gasteiger partial charge in [0.15, 0.2) is 0 Å². The van der Waals surface area contributed by atoms with Crippen molar-refractivity contribution in [3.05, 3.63) is 28.3 Å². The zero-order valence-corrected chi connectivity index (χ0v) is 11.6. The second kappa shape index (κ2) is 5.71. The number of nitrogens with two attached hydrogens (primary N) is 1. The molecular weight excluding hydrogens is 238 g/mol. The van der Waals surface area contributed by atoms with Crippen LogP contribution in [0.4, 0.5) is 0 Å². The van der Waals surface area contributed by atoms with Crippen molar-refractivity contribution in [1.82, 2.24) is 0 Å². The number of halogens is 1. The van der Waals surface area contributed by atoms with Crippen molar-refractivity contribution in [2.24, 2.45) is 5.73 Å². The number of benzene rings is 1. The van der Waals surface area contributed by atoms with Gasteiger partial charge in [0.05, 0.1) is 18.7 Å². The lowest BCUT2D eigenvalue weighted by Crippen LogP contribution is -2.34. The Kier molecular flexibility index (Phi) is 4.80. The fraction of sp³-hybridized carbons (Fsp3) is 0.538. The molecule has 96 valence electrons. The molecule has 4 heteroatoms. The largest absolute Gasteiger partial charge is 0.495 e. The van der Waals surface area contributed by atoms with Crippen LogP contribution in [0.1, 0.15) is 25.0 Å². The van der Waals surface area contributed by atoms with Gasteiger partial charge in [-0.25, -0.2) is 0 Å². The van der Waals surface area contributed by atoms with Crippen molar-refractivity contribution in [1.29, 1.82) is 0 Å². The summed E-state index contributed by atoms with van der Waals surface area (Å²) in [5.74, 6) is 0.664. The van der Waals surface area contributed by atoms with Gasteiger partial charge in [-0.1, -0.05) is 11.6 Å². The van der Waals surface area contributed by atoms with E-state index in [2.05, 4.69) is 0 Å². The quantitative estimate of drug-likeness (QED) is 0.882. The van der Waals surface area contributed by atoms with E-state index < -0.39 is 0 Å². The van der Waals surface area contributed by atoms with Crippen molar-refractivity contribution in [2.45, 2.75) is 32.4 Å². The fourth-order valence-electron chi connectivity index (χ4n) is 1.74. The van der Waals surface area contributed by atoms with Crippen LogP contribution in [0.15, 0.2) is 12.1 Å². The van der Waals surface area contributed by atoms with E-state index in [0.717, 1.165) is 17.5 Å². The van der Waals surface area contributed by atoms with Crippen LogP contribution < -0.4 is 10.5 Å². The summed E-state index contributed by atoms with van der Waals surface area (Å²) in [5.41, 5.74) is 7.92. The van der Waals surface area contributed by atoms with Gasteiger partial charge in [-0.3, -0.25) is 0 Å². The fourth-order valence-corrected chi connectivity index (χ4v) is 2.00. The van der Waals surface area contributed by atoms with Crippen molar-refractivity contribution in [3.8, 4) is 5.75 Å². The highest BCUT2D eigenvalue weighted by atomic mass is 35.5. The molecule has 0 fully saturated rings. The first-order chi connectivity index (χ1) is 7.87. The third-order valence-electron chi connectivity index (χ3n) is 2.42. The summed E-state index contributed by atoms with van der Waals surface area (Å²) < 4.78 is 10.4. The molecule has 1 aromatic carbocycles. The van der Waals surface area contributed by atoms with Crippen LogP contribution in [0.25, 0.3) is 0 Å². The summed E-state index contributed by atoms with van der Waals surface area (Å²) in [6.07, 6.45) is 0.745. The van der Waals surface area contributed by atoms with Crippen LogP contribution in [-0.4, -0.2) is 19.8 Å². The molecule has 0 saturated carbocycles. The van der Waals surface area contributed by atoms with Gasteiger partial charge in [0.2, 0.25) is 0 Å². The first kappa shape index (κ1) is 14.3. The summed E-state index contributed by atoms with van der Waals surface area (Å²) in [7, 11) is 3.27. The van der Waals surface area contributed by atoms with E-state index in [0.29, 0.717) is 17.4 Å². The lowest BCUT2D eigenvalue weighted by Gasteiger charge is -2.21. The van der Waals surface area contributed by atoms with E-state index in [1.165, 1.54) is 0 Å². The number of hydrogen-bond donors (Lipinski definition) is 1. The molecule has 0 aromatic heterocycles. The number of methoxy groups -OCH3 is 2. The molecule has 0 amide bonds. The second-order valence-electron chi connectivity index (χ2n) is 4.85. The Morgan fingerprint density at radius 1 is 1.24 bits per heavy atom. The molecule has 0 heterocycles. The third kappa shape index (κ3) is 4.19. The van der Waals surface area contributed by atoms with Crippen LogP contribution >= 0.6 is 11.6 Å². The van der Waals surface area contributed by atoms with Crippen LogP contribution in [0, 0.1) is 0 Å². The van der Waals surface area contributed by atoms with E-state index in [1.54, 1.807) is 14.2 Å². The van der Waals surface area contributed by atoms with Gasteiger partial charge in [0.25, 0.3) is 0 Å². The lowest BCUT2D eigenvalue weighted by atomic mass is 9.93. The number of ether oxygens (including phenoxy) is 2. The Balaban J connectivity index is 3.13. The van der Waals surface area contributed by atoms with Gasteiger partial charge in [0, 0.05) is 12.6 Å². The van der Waals surface area contributed by atoms with Crippen molar-refractivity contribution in [2.75, 3.05) is 14.2 Å². The Hall–Kier alpha value is -0.770. The lowest BCUT2D eigenvalue weighted by molar-refractivity contribution is 0.183. The van der Waals surface area contributed by atoms with E-state index in [9.17, 15) is 0 Å². The Morgan fingerprint density at radius 2 is 1.88 bits per heavy atom. The molecule has 0 unspecified atom stereocenters. The van der Waals surface area contributed by atoms with Crippen molar-refractivity contribution in [3.63, 3.8) is 0 Å². The van der Waals surface area contributed by atoms with Crippen LogP contribution in [0.5, 0.6) is 5.75 Å². The molecule has 0 saturated heterocycles. The normalized spacial score (nSPS) is 11.6. The molecule has 0 aliphatic rings. The van der Waals surface area contributed by atoms with Gasteiger partial charge in [-0.2, -0.15) is 0 Å². The molecule has 0 radical (unpaired) electrons. The Labute approximate surface area is 108 Å². The summed E-state index contributed by atoms with van der Waals surface area (Å²) >= 11 is 6.12. The molecule has 2 N–H and O–H groups in total. The summed E-state index contributed by atoms with van der Waals surface area (Å²) in [5, 5.41) is 0.603. The van der Waals surface area contributed by atoms with E-state index in [4.69, 9.17) is 26.8 Å². The highest BCUT2D eigenvalue weighted by molar-refractivity contribution is 6.32.